The summed E-state index contributed by atoms with van der Waals surface area (Å²) in [7, 11) is 0. The van der Waals surface area contributed by atoms with Crippen LogP contribution in [-0.4, -0.2) is 29.9 Å². The van der Waals surface area contributed by atoms with Crippen molar-refractivity contribution >= 4 is 11.9 Å². The first-order valence-electron chi connectivity index (χ1n) is 5.79. The number of hydrogen-bond donors (Lipinski definition) is 0. The molecule has 4 heteroatoms. The van der Waals surface area contributed by atoms with Crippen LogP contribution in [0.3, 0.4) is 0 Å². The van der Waals surface area contributed by atoms with Gasteiger partial charge in [-0.05, 0) is 25.7 Å². The number of nitrogens with zero attached hydrogens (tertiary/aromatic N) is 1. The van der Waals surface area contributed by atoms with Crippen molar-refractivity contribution in [1.29, 1.82) is 0 Å². The average molecular weight is 225 g/mol. The summed E-state index contributed by atoms with van der Waals surface area (Å²) in [5.41, 5.74) is 0. The van der Waals surface area contributed by atoms with Crippen molar-refractivity contribution in [3.63, 3.8) is 0 Å². The number of allylic oxidation sites excluding steroid dienone is 1. The number of esters is 1. The van der Waals surface area contributed by atoms with Gasteiger partial charge in [-0.3, -0.25) is 9.59 Å². The zero-order chi connectivity index (χ0) is 11.8. The van der Waals surface area contributed by atoms with Crippen LogP contribution in [0.4, 0.5) is 0 Å². The van der Waals surface area contributed by atoms with Gasteiger partial charge in [0, 0.05) is 26.1 Å². The van der Waals surface area contributed by atoms with Gasteiger partial charge < -0.3 is 9.64 Å². The molecule has 0 bridgehead atoms. The molecule has 4 nitrogen and oxygen atoms in total. The second-order valence-electron chi connectivity index (χ2n) is 3.91. The third-order valence-corrected chi connectivity index (χ3v) is 2.47. The molecule has 0 radical (unpaired) electrons. The molecule has 1 heterocycles. The van der Waals surface area contributed by atoms with E-state index in [1.54, 1.807) is 4.90 Å². The minimum absolute atomic E-state index is 0.219. The molecule has 0 spiro atoms. The average Bonchev–Trinajstić information content (AvgIpc) is 2.62. The highest BCUT2D eigenvalue weighted by atomic mass is 16.5. The largest absolute Gasteiger partial charge is 0.466 e. The predicted octanol–water partition coefficient (Wildman–Crippen LogP) is 1.86. The first-order valence-corrected chi connectivity index (χ1v) is 5.79. The zero-order valence-corrected chi connectivity index (χ0v) is 9.78. The SMILES string of the molecule is CC(=O)OCCCC/C=C/N1CCCC1=O. The molecule has 16 heavy (non-hydrogen) atoms. The summed E-state index contributed by atoms with van der Waals surface area (Å²) in [6, 6.07) is 0. The number of likely N-dealkylation sites (tertiary alicyclic amines) is 1. The highest BCUT2D eigenvalue weighted by molar-refractivity contribution is 5.79. The smallest absolute Gasteiger partial charge is 0.302 e. The summed E-state index contributed by atoms with van der Waals surface area (Å²) in [4.78, 5) is 23.5. The van der Waals surface area contributed by atoms with Crippen molar-refractivity contribution in [2.24, 2.45) is 0 Å². The van der Waals surface area contributed by atoms with Crippen LogP contribution < -0.4 is 0 Å². The van der Waals surface area contributed by atoms with Crippen LogP contribution in [0.1, 0.15) is 39.0 Å². The van der Waals surface area contributed by atoms with E-state index in [0.717, 1.165) is 32.2 Å². The highest BCUT2D eigenvalue weighted by Gasteiger charge is 2.16. The predicted molar refractivity (Wildman–Crippen MR) is 60.6 cm³/mol. The number of unbranched alkanes of at least 4 members (excludes halogenated alkanes) is 2. The van der Waals surface area contributed by atoms with E-state index < -0.39 is 0 Å². The van der Waals surface area contributed by atoms with Crippen LogP contribution in [0.5, 0.6) is 0 Å². The fourth-order valence-corrected chi connectivity index (χ4v) is 1.61. The summed E-state index contributed by atoms with van der Waals surface area (Å²) >= 11 is 0. The van der Waals surface area contributed by atoms with Crippen molar-refractivity contribution in [1.82, 2.24) is 4.90 Å². The fraction of sp³-hybridized carbons (Fsp3) is 0.667. The standard InChI is InChI=1S/C12H19NO3/c1-11(14)16-10-5-3-2-4-8-13-9-6-7-12(13)15/h4,8H,2-3,5-7,9-10H2,1H3/b8-4+. The number of ether oxygens (including phenoxy) is 1. The van der Waals surface area contributed by atoms with Crippen LogP contribution in [0, 0.1) is 0 Å². The summed E-state index contributed by atoms with van der Waals surface area (Å²) in [5, 5.41) is 0. The van der Waals surface area contributed by atoms with Crippen LogP contribution in [0.2, 0.25) is 0 Å². The van der Waals surface area contributed by atoms with E-state index in [2.05, 4.69) is 0 Å². The topological polar surface area (TPSA) is 46.6 Å². The van der Waals surface area contributed by atoms with Crippen LogP contribution >= 0.6 is 0 Å². The Morgan fingerprint density at radius 3 is 2.94 bits per heavy atom. The second-order valence-corrected chi connectivity index (χ2v) is 3.91. The molecule has 0 aliphatic carbocycles. The molecule has 0 saturated carbocycles. The maximum absolute atomic E-state index is 11.2. The van der Waals surface area contributed by atoms with Crippen LogP contribution in [0.25, 0.3) is 0 Å². The van der Waals surface area contributed by atoms with Crippen molar-refractivity contribution in [3.05, 3.63) is 12.3 Å². The third-order valence-electron chi connectivity index (χ3n) is 2.47. The van der Waals surface area contributed by atoms with Gasteiger partial charge in [0.2, 0.25) is 5.91 Å². The Bertz CT molecular complexity index is 273. The molecule has 1 amide bonds. The van der Waals surface area contributed by atoms with Gasteiger partial charge in [-0.25, -0.2) is 0 Å². The van der Waals surface area contributed by atoms with E-state index in [9.17, 15) is 9.59 Å². The maximum Gasteiger partial charge on any atom is 0.302 e. The first kappa shape index (κ1) is 12.7. The number of carbonyl (C=O) groups excluding carboxylic acids is 2. The molecule has 0 N–H and O–H groups in total. The second kappa shape index (κ2) is 7.04. The van der Waals surface area contributed by atoms with E-state index in [1.807, 2.05) is 12.3 Å². The Labute approximate surface area is 96.3 Å². The molecule has 0 aromatic rings. The van der Waals surface area contributed by atoms with E-state index >= 15 is 0 Å². The third kappa shape index (κ3) is 4.96. The number of hydrogen-bond acceptors (Lipinski definition) is 3. The van der Waals surface area contributed by atoms with Gasteiger partial charge in [0.05, 0.1) is 6.61 Å². The molecular weight excluding hydrogens is 206 g/mol. The molecule has 90 valence electrons. The number of rotatable bonds is 6. The Balaban J connectivity index is 2.00. The van der Waals surface area contributed by atoms with Crippen LogP contribution in [-0.2, 0) is 14.3 Å². The van der Waals surface area contributed by atoms with Crippen molar-refractivity contribution < 1.29 is 14.3 Å². The van der Waals surface area contributed by atoms with Gasteiger partial charge in [0.25, 0.3) is 0 Å². The Hall–Kier alpha value is -1.32. The van der Waals surface area contributed by atoms with E-state index in [4.69, 9.17) is 4.74 Å². The number of amides is 1. The lowest BCUT2D eigenvalue weighted by atomic mass is 10.2. The molecule has 0 aromatic heterocycles. The Morgan fingerprint density at radius 2 is 2.31 bits per heavy atom. The van der Waals surface area contributed by atoms with Gasteiger partial charge in [-0.1, -0.05) is 6.08 Å². The Kier molecular flexibility index (Phi) is 5.61. The molecule has 0 unspecified atom stereocenters. The van der Waals surface area contributed by atoms with Crippen molar-refractivity contribution in [3.8, 4) is 0 Å². The monoisotopic (exact) mass is 225 g/mol. The Morgan fingerprint density at radius 1 is 1.50 bits per heavy atom. The lowest BCUT2D eigenvalue weighted by molar-refractivity contribution is -0.141. The summed E-state index contributed by atoms with van der Waals surface area (Å²) < 4.78 is 4.81. The van der Waals surface area contributed by atoms with Crippen molar-refractivity contribution in [2.75, 3.05) is 13.2 Å². The molecule has 0 atom stereocenters. The van der Waals surface area contributed by atoms with E-state index in [-0.39, 0.29) is 11.9 Å². The molecule has 1 saturated heterocycles. The van der Waals surface area contributed by atoms with E-state index in [1.165, 1.54) is 6.92 Å². The molecule has 1 aliphatic heterocycles. The molecule has 0 aromatic carbocycles. The van der Waals surface area contributed by atoms with Gasteiger partial charge >= 0.3 is 5.97 Å². The quantitative estimate of drug-likeness (QED) is 0.512. The molecule has 1 rings (SSSR count). The summed E-state index contributed by atoms with van der Waals surface area (Å²) in [6.45, 7) is 2.76. The van der Waals surface area contributed by atoms with Gasteiger partial charge in [-0.15, -0.1) is 0 Å². The van der Waals surface area contributed by atoms with Gasteiger partial charge in [-0.2, -0.15) is 0 Å². The normalized spacial score (nSPS) is 16.1. The summed E-state index contributed by atoms with van der Waals surface area (Å²) in [6.07, 6.45) is 8.30. The summed E-state index contributed by atoms with van der Waals surface area (Å²) in [5.74, 6) is -0.00521. The highest BCUT2D eigenvalue weighted by Crippen LogP contribution is 2.10. The maximum atomic E-state index is 11.2. The molecule has 1 fully saturated rings. The van der Waals surface area contributed by atoms with Crippen LogP contribution in [0.15, 0.2) is 12.3 Å². The van der Waals surface area contributed by atoms with Crippen molar-refractivity contribution in [2.45, 2.75) is 39.0 Å². The lowest BCUT2D eigenvalue weighted by Crippen LogP contribution is -2.17. The zero-order valence-electron chi connectivity index (χ0n) is 9.78. The van der Waals surface area contributed by atoms with E-state index in [0.29, 0.717) is 13.0 Å². The lowest BCUT2D eigenvalue weighted by Gasteiger charge is -2.07. The molecular formula is C12H19NO3. The fourth-order valence-electron chi connectivity index (χ4n) is 1.61. The molecule has 1 aliphatic rings. The minimum Gasteiger partial charge on any atom is -0.466 e. The van der Waals surface area contributed by atoms with Gasteiger partial charge in [0.1, 0.15) is 0 Å². The number of carbonyl (C=O) groups is 2. The minimum atomic E-state index is -0.224. The first-order chi connectivity index (χ1) is 7.70. The van der Waals surface area contributed by atoms with Gasteiger partial charge in [0.15, 0.2) is 0 Å².